The van der Waals surface area contributed by atoms with E-state index < -0.39 is 5.97 Å². The first kappa shape index (κ1) is 13.4. The van der Waals surface area contributed by atoms with Gasteiger partial charge >= 0.3 is 5.97 Å². The van der Waals surface area contributed by atoms with Gasteiger partial charge in [-0.1, -0.05) is 29.8 Å². The van der Waals surface area contributed by atoms with E-state index in [2.05, 4.69) is 29.6 Å². The molecule has 1 heterocycles. The smallest absolute Gasteiger partial charge is 0.372 e. The molecule has 0 fully saturated rings. The van der Waals surface area contributed by atoms with Crippen LogP contribution in [0, 0.1) is 6.92 Å². The zero-order chi connectivity index (χ0) is 13.8. The molecule has 2 aromatic rings. The number of benzene rings is 1. The van der Waals surface area contributed by atoms with Crippen LogP contribution < -0.4 is 5.32 Å². The van der Waals surface area contributed by atoms with Crippen LogP contribution in [0.1, 0.15) is 40.2 Å². The van der Waals surface area contributed by atoms with Gasteiger partial charge in [0.25, 0.3) is 0 Å². The van der Waals surface area contributed by atoms with Gasteiger partial charge < -0.3 is 14.8 Å². The lowest BCUT2D eigenvalue weighted by Gasteiger charge is -2.14. The Labute approximate surface area is 112 Å². The molecule has 0 spiro atoms. The Balaban J connectivity index is 2.00. The second-order valence-corrected chi connectivity index (χ2v) is 4.59. The number of carbonyl (C=O) groups is 1. The number of rotatable bonds is 5. The highest BCUT2D eigenvalue weighted by atomic mass is 16.4. The van der Waals surface area contributed by atoms with E-state index in [0.29, 0.717) is 12.1 Å². The average Bonchev–Trinajstić information content (AvgIpc) is 2.85. The normalized spacial score (nSPS) is 12.3. The number of carboxylic acid groups (broad SMARTS) is 1. The van der Waals surface area contributed by atoms with Gasteiger partial charge in [0.2, 0.25) is 5.76 Å². The maximum absolute atomic E-state index is 10.9. The summed E-state index contributed by atoms with van der Waals surface area (Å²) in [5, 5.41) is 12.2. The Hall–Kier alpha value is -2.07. The quantitative estimate of drug-likeness (QED) is 0.866. The van der Waals surface area contributed by atoms with Crippen LogP contribution in [0.25, 0.3) is 0 Å². The predicted molar refractivity (Wildman–Crippen MR) is 72.1 cm³/mol. The van der Waals surface area contributed by atoms with E-state index >= 15 is 0 Å². The van der Waals surface area contributed by atoms with Gasteiger partial charge in [-0.3, -0.25) is 0 Å². The number of furan rings is 1. The van der Waals surface area contributed by atoms with Gasteiger partial charge in [-0.2, -0.15) is 0 Å². The summed E-state index contributed by atoms with van der Waals surface area (Å²) in [6, 6.07) is 10.1. The van der Waals surface area contributed by atoms with Crippen LogP contribution in [-0.4, -0.2) is 11.1 Å². The molecule has 0 unspecified atom stereocenters. The predicted octanol–water partition coefficient (Wildman–Crippen LogP) is 3.14. The summed E-state index contributed by atoms with van der Waals surface area (Å²) >= 11 is 0. The number of nitrogens with one attached hydrogen (secondary N) is 1. The second kappa shape index (κ2) is 5.71. The van der Waals surface area contributed by atoms with Crippen LogP contribution in [0.15, 0.2) is 41.0 Å². The molecule has 2 rings (SSSR count). The molecule has 0 saturated carbocycles. The van der Waals surface area contributed by atoms with Crippen molar-refractivity contribution in [3.8, 4) is 0 Å². The molecular weight excluding hydrogens is 242 g/mol. The van der Waals surface area contributed by atoms with E-state index in [4.69, 9.17) is 9.52 Å². The Morgan fingerprint density at radius 3 is 2.63 bits per heavy atom. The van der Waals surface area contributed by atoms with Gasteiger partial charge in [-0.05, 0) is 25.5 Å². The second-order valence-electron chi connectivity index (χ2n) is 4.59. The van der Waals surface area contributed by atoms with Crippen LogP contribution in [0.4, 0.5) is 0 Å². The van der Waals surface area contributed by atoms with Gasteiger partial charge in [0.1, 0.15) is 0 Å². The molecule has 0 radical (unpaired) electrons. The third-order valence-electron chi connectivity index (χ3n) is 3.12. The first-order valence-corrected chi connectivity index (χ1v) is 6.17. The molecule has 4 nitrogen and oxygen atoms in total. The van der Waals surface area contributed by atoms with E-state index in [1.54, 1.807) is 6.07 Å². The molecule has 4 heteroatoms. The summed E-state index contributed by atoms with van der Waals surface area (Å²) in [7, 11) is 0. The molecule has 0 bridgehead atoms. The first-order chi connectivity index (χ1) is 9.08. The van der Waals surface area contributed by atoms with Crippen LogP contribution >= 0.6 is 0 Å². The van der Waals surface area contributed by atoms with Gasteiger partial charge in [0.05, 0.1) is 6.26 Å². The van der Waals surface area contributed by atoms with Crippen molar-refractivity contribution in [2.45, 2.75) is 26.4 Å². The summed E-state index contributed by atoms with van der Waals surface area (Å²) in [5.74, 6) is -1.03. The van der Waals surface area contributed by atoms with Gasteiger partial charge in [-0.25, -0.2) is 4.79 Å². The number of aromatic carboxylic acids is 1. The first-order valence-electron chi connectivity index (χ1n) is 6.17. The summed E-state index contributed by atoms with van der Waals surface area (Å²) in [5.41, 5.74) is 3.05. The Kier molecular flexibility index (Phi) is 4.02. The van der Waals surface area contributed by atoms with E-state index in [1.165, 1.54) is 17.4 Å². The van der Waals surface area contributed by atoms with Crippen molar-refractivity contribution in [3.63, 3.8) is 0 Å². The third-order valence-corrected chi connectivity index (χ3v) is 3.12. The van der Waals surface area contributed by atoms with Crippen LogP contribution in [0.5, 0.6) is 0 Å². The largest absolute Gasteiger partial charge is 0.475 e. The Morgan fingerprint density at radius 1 is 1.32 bits per heavy atom. The number of hydrogen-bond donors (Lipinski definition) is 2. The maximum Gasteiger partial charge on any atom is 0.372 e. The zero-order valence-corrected chi connectivity index (χ0v) is 11.0. The molecule has 2 N–H and O–H groups in total. The zero-order valence-electron chi connectivity index (χ0n) is 11.0. The fraction of sp³-hybridized carbons (Fsp3) is 0.267. The molecule has 19 heavy (non-hydrogen) atoms. The average molecular weight is 259 g/mol. The van der Waals surface area contributed by atoms with E-state index in [1.807, 2.05) is 13.8 Å². The molecule has 0 aliphatic heterocycles. The van der Waals surface area contributed by atoms with Crippen LogP contribution in [-0.2, 0) is 6.54 Å². The summed E-state index contributed by atoms with van der Waals surface area (Å²) in [6.07, 6.45) is 1.40. The number of carboxylic acids is 1. The SMILES string of the molecule is Cc1ccc([C@@H](C)NCc2ccoc2C(=O)O)cc1. The Morgan fingerprint density at radius 2 is 2.00 bits per heavy atom. The van der Waals surface area contributed by atoms with E-state index in [9.17, 15) is 4.79 Å². The van der Waals surface area contributed by atoms with Crippen molar-refractivity contribution in [1.82, 2.24) is 5.32 Å². The summed E-state index contributed by atoms with van der Waals surface area (Å²) in [6.45, 7) is 4.56. The number of aryl methyl sites for hydroxylation is 1. The molecule has 0 amide bonds. The minimum Gasteiger partial charge on any atom is -0.475 e. The molecule has 0 saturated heterocycles. The van der Waals surface area contributed by atoms with E-state index in [0.717, 1.165) is 0 Å². The van der Waals surface area contributed by atoms with Crippen molar-refractivity contribution in [2.24, 2.45) is 0 Å². The molecule has 0 aliphatic rings. The topological polar surface area (TPSA) is 62.5 Å². The lowest BCUT2D eigenvalue weighted by molar-refractivity contribution is 0.0660. The van der Waals surface area contributed by atoms with Crippen LogP contribution in [0.2, 0.25) is 0 Å². The number of hydrogen-bond acceptors (Lipinski definition) is 3. The monoisotopic (exact) mass is 259 g/mol. The fourth-order valence-corrected chi connectivity index (χ4v) is 1.90. The maximum atomic E-state index is 10.9. The fourth-order valence-electron chi connectivity index (χ4n) is 1.90. The highest BCUT2D eigenvalue weighted by molar-refractivity contribution is 5.86. The molecule has 0 aliphatic carbocycles. The summed E-state index contributed by atoms with van der Waals surface area (Å²) < 4.78 is 4.94. The van der Waals surface area contributed by atoms with Crippen molar-refractivity contribution in [1.29, 1.82) is 0 Å². The molecule has 1 aromatic heterocycles. The van der Waals surface area contributed by atoms with Gasteiger partial charge in [0, 0.05) is 18.2 Å². The highest BCUT2D eigenvalue weighted by Gasteiger charge is 2.14. The van der Waals surface area contributed by atoms with Crippen molar-refractivity contribution < 1.29 is 14.3 Å². The van der Waals surface area contributed by atoms with Crippen molar-refractivity contribution >= 4 is 5.97 Å². The molecule has 1 atom stereocenters. The van der Waals surface area contributed by atoms with Gasteiger partial charge in [-0.15, -0.1) is 0 Å². The minimum atomic E-state index is -1.04. The molecular formula is C15H17NO3. The third kappa shape index (κ3) is 3.23. The standard InChI is InChI=1S/C15H17NO3/c1-10-3-5-12(6-4-10)11(2)16-9-13-7-8-19-14(13)15(17)18/h3-8,11,16H,9H2,1-2H3,(H,17,18)/t11-/m1/s1. The van der Waals surface area contributed by atoms with E-state index in [-0.39, 0.29) is 11.8 Å². The lowest BCUT2D eigenvalue weighted by Crippen LogP contribution is -2.19. The van der Waals surface area contributed by atoms with Crippen molar-refractivity contribution in [3.05, 3.63) is 59.0 Å². The Bertz CT molecular complexity index is 557. The van der Waals surface area contributed by atoms with Gasteiger partial charge in [0.15, 0.2) is 0 Å². The minimum absolute atomic E-state index is 0.00334. The molecule has 100 valence electrons. The van der Waals surface area contributed by atoms with Crippen LogP contribution in [0.3, 0.4) is 0 Å². The highest BCUT2D eigenvalue weighted by Crippen LogP contribution is 2.16. The lowest BCUT2D eigenvalue weighted by atomic mass is 10.1. The molecule has 1 aromatic carbocycles. The summed E-state index contributed by atoms with van der Waals surface area (Å²) in [4.78, 5) is 10.9. The van der Waals surface area contributed by atoms with Crippen molar-refractivity contribution in [2.75, 3.05) is 0 Å².